The lowest BCUT2D eigenvalue weighted by Crippen LogP contribution is -2.53. The Labute approximate surface area is 213 Å². The number of alkyl halides is 3. The molecule has 2 aliphatic rings. The molecule has 1 amide bonds. The Kier molecular flexibility index (Phi) is 7.86. The number of nitrogens with zero attached hydrogens (tertiary/aromatic N) is 3. The zero-order valence-electron chi connectivity index (χ0n) is 19.3. The first-order valence-electron chi connectivity index (χ1n) is 11.7. The van der Waals surface area contributed by atoms with Gasteiger partial charge in [0.05, 0.1) is 22.2 Å². The summed E-state index contributed by atoms with van der Waals surface area (Å²) in [5.41, 5.74) is 6.45. The molecule has 2 N–H and O–H groups in total. The van der Waals surface area contributed by atoms with Crippen molar-refractivity contribution in [2.75, 3.05) is 57.3 Å². The zero-order chi connectivity index (χ0) is 25.2. The first-order valence-corrected chi connectivity index (χ1v) is 12.4. The van der Waals surface area contributed by atoms with Gasteiger partial charge < -0.3 is 15.5 Å². The third-order valence-corrected chi connectivity index (χ3v) is 8.00. The van der Waals surface area contributed by atoms with E-state index in [-0.39, 0.29) is 12.5 Å². The average Bonchev–Trinajstić information content (AvgIpc) is 2.86. The third kappa shape index (κ3) is 5.88. The summed E-state index contributed by atoms with van der Waals surface area (Å²) in [6.45, 7) is 4.58. The van der Waals surface area contributed by atoms with Crippen molar-refractivity contribution in [1.29, 1.82) is 0 Å². The average molecular weight is 529 g/mol. The van der Waals surface area contributed by atoms with Crippen LogP contribution in [0.2, 0.25) is 10.0 Å². The van der Waals surface area contributed by atoms with E-state index in [0.717, 1.165) is 37.9 Å². The molecule has 0 saturated carbocycles. The predicted octanol–water partition coefficient (Wildman–Crippen LogP) is 4.65. The van der Waals surface area contributed by atoms with Crippen LogP contribution in [0.15, 0.2) is 42.5 Å². The molecule has 2 saturated heterocycles. The van der Waals surface area contributed by atoms with Crippen molar-refractivity contribution in [2.45, 2.75) is 24.4 Å². The molecule has 0 radical (unpaired) electrons. The number of likely N-dealkylation sites (tertiary alicyclic amines) is 1. The highest BCUT2D eigenvalue weighted by Gasteiger charge is 2.38. The first-order chi connectivity index (χ1) is 16.6. The third-order valence-electron chi connectivity index (χ3n) is 7.27. The highest BCUT2D eigenvalue weighted by Crippen LogP contribution is 2.38. The molecular weight excluding hydrogens is 500 g/mol. The lowest BCUT2D eigenvalue weighted by molar-refractivity contribution is -0.137. The predicted molar refractivity (Wildman–Crippen MR) is 133 cm³/mol. The number of halogens is 5. The Bertz CT molecular complexity index is 1050. The molecule has 2 heterocycles. The largest absolute Gasteiger partial charge is 0.416 e. The number of piperidine rings is 1. The molecule has 2 fully saturated rings. The molecule has 0 aliphatic carbocycles. The summed E-state index contributed by atoms with van der Waals surface area (Å²) >= 11 is 12.1. The van der Waals surface area contributed by atoms with E-state index in [4.69, 9.17) is 28.9 Å². The van der Waals surface area contributed by atoms with Crippen molar-refractivity contribution in [1.82, 2.24) is 9.80 Å². The van der Waals surface area contributed by atoms with Gasteiger partial charge in [0.2, 0.25) is 5.91 Å². The van der Waals surface area contributed by atoms with Crippen LogP contribution in [0.3, 0.4) is 0 Å². The SMILES string of the molecule is NCC1(c2cccc(C(F)(F)F)c2)CCN(C(=O)CN2CCN(c3ccc(Cl)c(Cl)c3)CC2)CC1. The fourth-order valence-electron chi connectivity index (χ4n) is 4.96. The van der Waals surface area contributed by atoms with Gasteiger partial charge in [0, 0.05) is 56.9 Å². The van der Waals surface area contributed by atoms with Gasteiger partial charge >= 0.3 is 6.18 Å². The van der Waals surface area contributed by atoms with E-state index in [9.17, 15) is 18.0 Å². The van der Waals surface area contributed by atoms with Crippen molar-refractivity contribution < 1.29 is 18.0 Å². The summed E-state index contributed by atoms with van der Waals surface area (Å²) in [7, 11) is 0. The van der Waals surface area contributed by atoms with Crippen LogP contribution in [0, 0.1) is 0 Å². The molecule has 0 bridgehead atoms. The molecule has 0 unspecified atom stereocenters. The highest BCUT2D eigenvalue weighted by molar-refractivity contribution is 6.42. The van der Waals surface area contributed by atoms with E-state index in [1.807, 2.05) is 17.0 Å². The lowest BCUT2D eigenvalue weighted by Gasteiger charge is -2.43. The standard InChI is InChI=1S/C25H29Cl2F3N4O/c26-21-5-4-20(15-22(21)27)33-12-10-32(11-13-33)16-23(35)34-8-6-24(17-31,7-9-34)18-2-1-3-19(14-18)25(28,29)30/h1-5,14-15H,6-13,16-17,31H2. The fraction of sp³-hybridized carbons (Fsp3) is 0.480. The van der Waals surface area contributed by atoms with Crippen LogP contribution in [-0.4, -0.2) is 68.1 Å². The van der Waals surface area contributed by atoms with E-state index in [2.05, 4.69) is 9.80 Å². The van der Waals surface area contributed by atoms with Crippen LogP contribution in [0.5, 0.6) is 0 Å². The zero-order valence-corrected chi connectivity index (χ0v) is 20.8. The van der Waals surface area contributed by atoms with Crippen LogP contribution in [-0.2, 0) is 16.4 Å². The summed E-state index contributed by atoms with van der Waals surface area (Å²) in [4.78, 5) is 19.1. The number of carbonyl (C=O) groups is 1. The van der Waals surface area contributed by atoms with Gasteiger partial charge in [0.1, 0.15) is 0 Å². The number of amides is 1. The summed E-state index contributed by atoms with van der Waals surface area (Å²) in [5, 5.41) is 1.04. The van der Waals surface area contributed by atoms with Gasteiger partial charge in [-0.3, -0.25) is 9.69 Å². The second kappa shape index (κ2) is 10.5. The lowest BCUT2D eigenvalue weighted by atomic mass is 9.72. The Morgan fingerprint density at radius 2 is 1.63 bits per heavy atom. The molecule has 5 nitrogen and oxygen atoms in total. The van der Waals surface area contributed by atoms with E-state index in [1.54, 1.807) is 12.1 Å². The monoisotopic (exact) mass is 528 g/mol. The molecule has 0 spiro atoms. The summed E-state index contributed by atoms with van der Waals surface area (Å²) in [6.07, 6.45) is -3.31. The minimum atomic E-state index is -4.40. The second-order valence-corrected chi connectivity index (χ2v) is 10.1. The number of carbonyl (C=O) groups excluding carboxylic acids is 1. The Hall–Kier alpha value is -2.00. The molecule has 0 atom stereocenters. The van der Waals surface area contributed by atoms with Gasteiger partial charge in [-0.15, -0.1) is 0 Å². The summed E-state index contributed by atoms with van der Waals surface area (Å²) < 4.78 is 39.6. The van der Waals surface area contributed by atoms with Crippen molar-refractivity contribution in [3.8, 4) is 0 Å². The molecule has 4 rings (SSSR count). The van der Waals surface area contributed by atoms with Crippen molar-refractivity contribution >= 4 is 34.8 Å². The maximum absolute atomic E-state index is 13.2. The van der Waals surface area contributed by atoms with Crippen LogP contribution < -0.4 is 10.6 Å². The number of anilines is 1. The smallest absolute Gasteiger partial charge is 0.369 e. The molecule has 0 aromatic heterocycles. The highest BCUT2D eigenvalue weighted by atomic mass is 35.5. The molecule has 2 aromatic rings. The normalized spacial score (nSPS) is 19.1. The van der Waals surface area contributed by atoms with E-state index in [0.29, 0.717) is 48.1 Å². The molecule has 10 heteroatoms. The number of hydrogen-bond acceptors (Lipinski definition) is 4. The van der Waals surface area contributed by atoms with Gasteiger partial charge in [0.25, 0.3) is 0 Å². The van der Waals surface area contributed by atoms with Crippen molar-refractivity contribution in [3.05, 3.63) is 63.6 Å². The van der Waals surface area contributed by atoms with Crippen LogP contribution in [0.4, 0.5) is 18.9 Å². The van der Waals surface area contributed by atoms with E-state index >= 15 is 0 Å². The van der Waals surface area contributed by atoms with Gasteiger partial charge in [-0.2, -0.15) is 13.2 Å². The molecular formula is C25H29Cl2F3N4O. The molecule has 35 heavy (non-hydrogen) atoms. The molecule has 190 valence electrons. The Balaban J connectivity index is 1.31. The van der Waals surface area contributed by atoms with Crippen molar-refractivity contribution in [3.63, 3.8) is 0 Å². The summed E-state index contributed by atoms with van der Waals surface area (Å²) in [6, 6.07) is 11.0. The minimum Gasteiger partial charge on any atom is -0.369 e. The fourth-order valence-corrected chi connectivity index (χ4v) is 5.25. The number of piperazine rings is 1. The quantitative estimate of drug-likeness (QED) is 0.613. The molecule has 2 aromatic carbocycles. The number of nitrogens with two attached hydrogens (primary N) is 1. The first kappa shape index (κ1) is 26.1. The summed E-state index contributed by atoms with van der Waals surface area (Å²) in [5.74, 6) is 0.0441. The van der Waals surface area contributed by atoms with Crippen LogP contribution in [0.1, 0.15) is 24.0 Å². The molecule has 2 aliphatic heterocycles. The minimum absolute atomic E-state index is 0.0441. The van der Waals surface area contributed by atoms with Gasteiger partial charge in [0.15, 0.2) is 0 Å². The Morgan fingerprint density at radius 3 is 2.23 bits per heavy atom. The van der Waals surface area contributed by atoms with Crippen LogP contribution >= 0.6 is 23.2 Å². The second-order valence-electron chi connectivity index (χ2n) is 9.31. The Morgan fingerprint density at radius 1 is 0.943 bits per heavy atom. The van der Waals surface area contributed by atoms with E-state index in [1.165, 1.54) is 12.1 Å². The van der Waals surface area contributed by atoms with Gasteiger partial charge in [-0.25, -0.2) is 0 Å². The maximum atomic E-state index is 13.2. The topological polar surface area (TPSA) is 52.8 Å². The van der Waals surface area contributed by atoms with Crippen molar-refractivity contribution in [2.24, 2.45) is 5.73 Å². The number of hydrogen-bond donors (Lipinski definition) is 1. The van der Waals surface area contributed by atoms with E-state index < -0.39 is 17.2 Å². The van der Waals surface area contributed by atoms with Crippen LogP contribution in [0.25, 0.3) is 0 Å². The maximum Gasteiger partial charge on any atom is 0.416 e. The van der Waals surface area contributed by atoms with Gasteiger partial charge in [-0.1, -0.05) is 41.4 Å². The number of benzene rings is 2. The number of rotatable bonds is 5. The van der Waals surface area contributed by atoms with Gasteiger partial charge in [-0.05, 0) is 42.7 Å².